The SMILES string of the molecule is C=C(Cl)CNS(=O)(=O)c1ccc(OC)cc1N. The average Bonchev–Trinajstić information content (AvgIpc) is 2.26. The fourth-order valence-electron chi connectivity index (χ4n) is 1.15. The lowest BCUT2D eigenvalue weighted by Gasteiger charge is -2.09. The van der Waals surface area contributed by atoms with Gasteiger partial charge in [-0.15, -0.1) is 0 Å². The highest BCUT2D eigenvalue weighted by Gasteiger charge is 2.17. The first-order valence-corrected chi connectivity index (χ1v) is 6.49. The maximum absolute atomic E-state index is 11.8. The van der Waals surface area contributed by atoms with Gasteiger partial charge >= 0.3 is 0 Å². The highest BCUT2D eigenvalue weighted by molar-refractivity contribution is 7.89. The summed E-state index contributed by atoms with van der Waals surface area (Å²) in [5.41, 5.74) is 5.74. The number of rotatable bonds is 5. The fraction of sp³-hybridized carbons (Fsp3) is 0.200. The van der Waals surface area contributed by atoms with Crippen molar-refractivity contribution in [1.82, 2.24) is 4.72 Å². The number of methoxy groups -OCH3 is 1. The van der Waals surface area contributed by atoms with Crippen molar-refractivity contribution in [3.63, 3.8) is 0 Å². The molecule has 0 spiro atoms. The Morgan fingerprint density at radius 2 is 2.24 bits per heavy atom. The van der Waals surface area contributed by atoms with Crippen LogP contribution in [0.25, 0.3) is 0 Å². The van der Waals surface area contributed by atoms with Gasteiger partial charge in [0.05, 0.1) is 12.8 Å². The van der Waals surface area contributed by atoms with Gasteiger partial charge in [-0.2, -0.15) is 0 Å². The molecule has 0 aromatic heterocycles. The molecule has 0 saturated heterocycles. The van der Waals surface area contributed by atoms with E-state index in [-0.39, 0.29) is 22.2 Å². The summed E-state index contributed by atoms with van der Waals surface area (Å²) in [6, 6.07) is 4.32. The average molecular weight is 277 g/mol. The van der Waals surface area contributed by atoms with E-state index in [1.165, 1.54) is 25.3 Å². The van der Waals surface area contributed by atoms with Crippen molar-refractivity contribution in [2.24, 2.45) is 0 Å². The Kier molecular flexibility index (Phi) is 4.39. The Morgan fingerprint density at radius 1 is 1.59 bits per heavy atom. The number of nitrogens with one attached hydrogen (secondary N) is 1. The lowest BCUT2D eigenvalue weighted by Crippen LogP contribution is -2.25. The normalized spacial score (nSPS) is 11.2. The van der Waals surface area contributed by atoms with Crippen molar-refractivity contribution in [1.29, 1.82) is 0 Å². The van der Waals surface area contributed by atoms with E-state index in [0.717, 1.165) is 0 Å². The van der Waals surface area contributed by atoms with Crippen LogP contribution in [0.2, 0.25) is 0 Å². The number of ether oxygens (including phenoxy) is 1. The molecule has 0 aliphatic rings. The monoisotopic (exact) mass is 276 g/mol. The van der Waals surface area contributed by atoms with Gasteiger partial charge < -0.3 is 10.5 Å². The molecule has 0 aliphatic carbocycles. The first kappa shape index (κ1) is 13.8. The van der Waals surface area contributed by atoms with Crippen LogP contribution in [0.4, 0.5) is 5.69 Å². The number of nitrogens with two attached hydrogens (primary N) is 1. The second-order valence-electron chi connectivity index (χ2n) is 3.25. The van der Waals surface area contributed by atoms with Gasteiger partial charge in [0.15, 0.2) is 0 Å². The molecule has 0 amide bonds. The quantitative estimate of drug-likeness (QED) is 0.795. The van der Waals surface area contributed by atoms with Crippen LogP contribution < -0.4 is 15.2 Å². The van der Waals surface area contributed by atoms with Crippen LogP contribution in [-0.4, -0.2) is 22.1 Å². The third kappa shape index (κ3) is 3.62. The third-order valence-electron chi connectivity index (χ3n) is 1.96. The summed E-state index contributed by atoms with van der Waals surface area (Å²) in [4.78, 5) is -0.0174. The van der Waals surface area contributed by atoms with E-state index in [1.54, 1.807) is 0 Å². The molecule has 0 aliphatic heterocycles. The third-order valence-corrected chi connectivity index (χ3v) is 3.57. The molecular weight excluding hydrogens is 264 g/mol. The van der Waals surface area contributed by atoms with E-state index in [1.807, 2.05) is 0 Å². The van der Waals surface area contributed by atoms with E-state index in [9.17, 15) is 8.42 Å². The van der Waals surface area contributed by atoms with Gasteiger partial charge in [-0.1, -0.05) is 18.2 Å². The molecule has 0 fully saturated rings. The molecule has 0 unspecified atom stereocenters. The van der Waals surface area contributed by atoms with Gasteiger partial charge in [0.1, 0.15) is 10.6 Å². The van der Waals surface area contributed by atoms with E-state index in [0.29, 0.717) is 5.75 Å². The van der Waals surface area contributed by atoms with Gasteiger partial charge in [0, 0.05) is 17.6 Å². The van der Waals surface area contributed by atoms with Crippen LogP contribution in [0.3, 0.4) is 0 Å². The van der Waals surface area contributed by atoms with Crippen LogP contribution >= 0.6 is 11.6 Å². The van der Waals surface area contributed by atoms with Gasteiger partial charge in [-0.3, -0.25) is 0 Å². The minimum absolute atomic E-state index is 0.0174. The van der Waals surface area contributed by atoms with E-state index in [2.05, 4.69) is 11.3 Å². The van der Waals surface area contributed by atoms with Crippen molar-refractivity contribution in [3.8, 4) is 5.75 Å². The number of benzene rings is 1. The zero-order valence-electron chi connectivity index (χ0n) is 9.23. The zero-order chi connectivity index (χ0) is 13.1. The number of nitrogen functional groups attached to an aromatic ring is 1. The number of hydrogen-bond acceptors (Lipinski definition) is 4. The summed E-state index contributed by atoms with van der Waals surface area (Å²) < 4.78 is 30.9. The van der Waals surface area contributed by atoms with Gasteiger partial charge in [0.2, 0.25) is 10.0 Å². The van der Waals surface area contributed by atoms with E-state index in [4.69, 9.17) is 22.1 Å². The Labute approximate surface area is 105 Å². The molecule has 3 N–H and O–H groups in total. The summed E-state index contributed by atoms with van der Waals surface area (Å²) in [7, 11) is -2.22. The lowest BCUT2D eigenvalue weighted by molar-refractivity contribution is 0.414. The molecule has 17 heavy (non-hydrogen) atoms. The minimum atomic E-state index is -3.69. The fourth-order valence-corrected chi connectivity index (χ4v) is 2.43. The predicted molar refractivity (Wildman–Crippen MR) is 67.6 cm³/mol. The molecule has 0 atom stereocenters. The predicted octanol–water partition coefficient (Wildman–Crippen LogP) is 1.31. The molecule has 1 aromatic rings. The zero-order valence-corrected chi connectivity index (χ0v) is 10.8. The number of sulfonamides is 1. The summed E-state index contributed by atoms with van der Waals surface area (Å²) in [5, 5.41) is 0.195. The first-order chi connectivity index (χ1) is 7.86. The summed E-state index contributed by atoms with van der Waals surface area (Å²) in [5.74, 6) is 0.489. The smallest absolute Gasteiger partial charge is 0.242 e. The highest BCUT2D eigenvalue weighted by atomic mass is 35.5. The maximum atomic E-state index is 11.8. The van der Waals surface area contributed by atoms with Crippen molar-refractivity contribution >= 4 is 27.3 Å². The Bertz CT molecular complexity index is 528. The first-order valence-electron chi connectivity index (χ1n) is 4.63. The Balaban J connectivity index is 3.03. The summed E-state index contributed by atoms with van der Waals surface area (Å²) >= 11 is 5.49. The van der Waals surface area contributed by atoms with Crippen LogP contribution in [0.15, 0.2) is 34.7 Å². The highest BCUT2D eigenvalue weighted by Crippen LogP contribution is 2.23. The van der Waals surface area contributed by atoms with Crippen molar-refractivity contribution in [3.05, 3.63) is 29.8 Å². The molecule has 7 heteroatoms. The molecule has 94 valence electrons. The van der Waals surface area contributed by atoms with Gasteiger partial charge in [-0.25, -0.2) is 13.1 Å². The second kappa shape index (κ2) is 5.39. The Hall–Kier alpha value is -1.24. The maximum Gasteiger partial charge on any atom is 0.242 e. The van der Waals surface area contributed by atoms with Crippen LogP contribution in [-0.2, 0) is 10.0 Å². The standard InChI is InChI=1S/C10H13ClN2O3S/c1-7(11)6-13-17(14,15)10-4-3-8(16-2)5-9(10)12/h3-5,13H,1,6,12H2,2H3. The summed E-state index contributed by atoms with van der Waals surface area (Å²) in [6.45, 7) is 3.34. The second-order valence-corrected chi connectivity index (χ2v) is 5.52. The van der Waals surface area contributed by atoms with Crippen molar-refractivity contribution in [2.45, 2.75) is 4.90 Å². The minimum Gasteiger partial charge on any atom is -0.497 e. The Morgan fingerprint density at radius 3 is 2.71 bits per heavy atom. The summed E-state index contributed by atoms with van der Waals surface area (Å²) in [6.07, 6.45) is 0. The molecule has 5 nitrogen and oxygen atoms in total. The molecule has 0 radical (unpaired) electrons. The van der Waals surface area contributed by atoms with E-state index < -0.39 is 10.0 Å². The number of anilines is 1. The largest absolute Gasteiger partial charge is 0.497 e. The van der Waals surface area contributed by atoms with E-state index >= 15 is 0 Å². The van der Waals surface area contributed by atoms with Crippen LogP contribution in [0, 0.1) is 0 Å². The molecular formula is C10H13ClN2O3S. The molecule has 1 rings (SSSR count). The molecule has 0 bridgehead atoms. The number of halogens is 1. The molecule has 0 saturated carbocycles. The van der Waals surface area contributed by atoms with Gasteiger partial charge in [0.25, 0.3) is 0 Å². The van der Waals surface area contributed by atoms with Crippen LogP contribution in [0.5, 0.6) is 5.75 Å². The lowest BCUT2D eigenvalue weighted by atomic mass is 10.3. The number of hydrogen-bond donors (Lipinski definition) is 2. The van der Waals surface area contributed by atoms with Crippen molar-refractivity contribution < 1.29 is 13.2 Å². The molecule has 1 aromatic carbocycles. The van der Waals surface area contributed by atoms with Crippen LogP contribution in [0.1, 0.15) is 0 Å². The topological polar surface area (TPSA) is 81.4 Å². The van der Waals surface area contributed by atoms with Crippen molar-refractivity contribution in [2.75, 3.05) is 19.4 Å². The van der Waals surface area contributed by atoms with Gasteiger partial charge in [-0.05, 0) is 12.1 Å². The molecule has 0 heterocycles.